The predicted octanol–water partition coefficient (Wildman–Crippen LogP) is 2.60. The quantitative estimate of drug-likeness (QED) is 0.678. The van der Waals surface area contributed by atoms with Gasteiger partial charge in [0.05, 0.1) is 23.9 Å². The van der Waals surface area contributed by atoms with Crippen LogP contribution in [0.1, 0.15) is 61.5 Å². The van der Waals surface area contributed by atoms with Gasteiger partial charge in [-0.15, -0.1) is 0 Å². The van der Waals surface area contributed by atoms with Gasteiger partial charge in [0.1, 0.15) is 23.5 Å². The molecule has 8 nitrogen and oxygen atoms in total. The Morgan fingerprint density at radius 3 is 2.73 bits per heavy atom. The third-order valence-electron chi connectivity index (χ3n) is 5.03. The van der Waals surface area contributed by atoms with Crippen molar-refractivity contribution < 1.29 is 14.0 Å². The Labute approximate surface area is 173 Å². The van der Waals surface area contributed by atoms with E-state index in [2.05, 4.69) is 26.7 Å². The molecule has 0 saturated heterocycles. The van der Waals surface area contributed by atoms with E-state index in [1.165, 1.54) is 12.4 Å². The van der Waals surface area contributed by atoms with E-state index >= 15 is 0 Å². The average molecular weight is 401 g/mol. The van der Waals surface area contributed by atoms with Crippen LogP contribution in [0, 0.1) is 18.3 Å². The summed E-state index contributed by atoms with van der Waals surface area (Å²) in [4.78, 5) is 33.0. The molecule has 0 fully saturated rings. The summed E-state index contributed by atoms with van der Waals surface area (Å²) < 4.78 is 5.21. The van der Waals surface area contributed by atoms with Crippen molar-refractivity contribution in [2.24, 2.45) is 0 Å². The Hall–Kier alpha value is -3.99. The minimum absolute atomic E-state index is 0.112. The van der Waals surface area contributed by atoms with Crippen molar-refractivity contribution in [2.75, 3.05) is 0 Å². The zero-order valence-electron chi connectivity index (χ0n) is 16.3. The van der Waals surface area contributed by atoms with Crippen LogP contribution in [-0.2, 0) is 13.0 Å². The molecule has 0 radical (unpaired) electrons. The van der Waals surface area contributed by atoms with E-state index in [0.717, 1.165) is 35.3 Å². The SMILES string of the molecule is Cc1cc(CNC(=O)c2cc(C(=O)N[C@H]3CCc4cc(C#N)ccc43)ncn2)co1. The number of amides is 2. The maximum Gasteiger partial charge on any atom is 0.270 e. The molecule has 2 N–H and O–H groups in total. The zero-order chi connectivity index (χ0) is 21.1. The van der Waals surface area contributed by atoms with Crippen molar-refractivity contribution in [2.45, 2.75) is 32.4 Å². The highest BCUT2D eigenvalue weighted by Crippen LogP contribution is 2.31. The molecule has 3 aromatic rings. The highest BCUT2D eigenvalue weighted by atomic mass is 16.3. The fourth-order valence-corrected chi connectivity index (χ4v) is 3.54. The van der Waals surface area contributed by atoms with Crippen LogP contribution in [0.15, 0.2) is 47.3 Å². The van der Waals surface area contributed by atoms with Gasteiger partial charge in [-0.25, -0.2) is 9.97 Å². The molecule has 2 heterocycles. The van der Waals surface area contributed by atoms with Crippen LogP contribution in [0.4, 0.5) is 0 Å². The summed E-state index contributed by atoms with van der Waals surface area (Å²) in [6, 6.07) is 10.7. The number of furan rings is 1. The topological polar surface area (TPSA) is 121 Å². The molecule has 0 aliphatic heterocycles. The molecular formula is C22H19N5O3. The summed E-state index contributed by atoms with van der Waals surface area (Å²) in [6.07, 6.45) is 4.32. The smallest absolute Gasteiger partial charge is 0.270 e. The summed E-state index contributed by atoms with van der Waals surface area (Å²) in [7, 11) is 0. The molecule has 1 aliphatic carbocycles. The van der Waals surface area contributed by atoms with Gasteiger partial charge in [0.15, 0.2) is 0 Å². The number of hydrogen-bond donors (Lipinski definition) is 2. The number of nitriles is 1. The Balaban J connectivity index is 1.42. The van der Waals surface area contributed by atoms with Gasteiger partial charge in [-0.1, -0.05) is 6.07 Å². The number of aromatic nitrogens is 2. The third-order valence-corrected chi connectivity index (χ3v) is 5.03. The molecule has 0 unspecified atom stereocenters. The normalized spacial score (nSPS) is 14.6. The number of benzene rings is 1. The first-order valence-electron chi connectivity index (χ1n) is 9.51. The van der Waals surface area contributed by atoms with Gasteiger partial charge >= 0.3 is 0 Å². The first-order valence-corrected chi connectivity index (χ1v) is 9.51. The molecule has 0 bridgehead atoms. The number of carbonyl (C=O) groups excluding carboxylic acids is 2. The summed E-state index contributed by atoms with van der Waals surface area (Å²) in [5.41, 5.74) is 3.75. The van der Waals surface area contributed by atoms with Crippen molar-refractivity contribution in [1.29, 1.82) is 5.26 Å². The van der Waals surface area contributed by atoms with E-state index in [9.17, 15) is 9.59 Å². The molecule has 150 valence electrons. The molecule has 0 saturated carbocycles. The third kappa shape index (κ3) is 4.05. The second-order valence-corrected chi connectivity index (χ2v) is 7.13. The van der Waals surface area contributed by atoms with Crippen LogP contribution in [-0.4, -0.2) is 21.8 Å². The lowest BCUT2D eigenvalue weighted by Gasteiger charge is -2.14. The Bertz CT molecular complexity index is 1160. The van der Waals surface area contributed by atoms with Gasteiger partial charge in [-0.2, -0.15) is 5.26 Å². The molecule has 30 heavy (non-hydrogen) atoms. The lowest BCUT2D eigenvalue weighted by molar-refractivity contribution is 0.0931. The van der Waals surface area contributed by atoms with Crippen molar-refractivity contribution in [3.63, 3.8) is 0 Å². The molecule has 2 amide bonds. The van der Waals surface area contributed by atoms with Crippen LogP contribution in [0.3, 0.4) is 0 Å². The van der Waals surface area contributed by atoms with Crippen LogP contribution in [0.5, 0.6) is 0 Å². The standard InChI is InChI=1S/C22H19N5O3/c1-13-6-15(11-30-13)10-24-21(28)19-8-20(26-12-25-19)22(29)27-18-5-3-16-7-14(9-23)2-4-17(16)18/h2,4,6-8,11-12,18H,3,5,10H2,1H3,(H,24,28)(H,27,29)/t18-/m0/s1. The summed E-state index contributed by atoms with van der Waals surface area (Å²) in [5, 5.41) is 14.7. The van der Waals surface area contributed by atoms with Gasteiger partial charge in [0.2, 0.25) is 0 Å². The van der Waals surface area contributed by atoms with Crippen molar-refractivity contribution in [1.82, 2.24) is 20.6 Å². The summed E-state index contributed by atoms with van der Waals surface area (Å²) in [5.74, 6) is -0.0164. The van der Waals surface area contributed by atoms with Crippen molar-refractivity contribution in [3.05, 3.63) is 82.3 Å². The molecule has 1 aliphatic rings. The van der Waals surface area contributed by atoms with Gasteiger partial charge < -0.3 is 15.1 Å². The summed E-state index contributed by atoms with van der Waals surface area (Å²) >= 11 is 0. The lowest BCUT2D eigenvalue weighted by Crippen LogP contribution is -2.29. The van der Waals surface area contributed by atoms with Crippen molar-refractivity contribution in [3.8, 4) is 6.07 Å². The number of nitrogens with zero attached hydrogens (tertiary/aromatic N) is 3. The number of fused-ring (bicyclic) bond motifs is 1. The average Bonchev–Trinajstić information content (AvgIpc) is 3.37. The van der Waals surface area contributed by atoms with E-state index in [4.69, 9.17) is 9.68 Å². The van der Waals surface area contributed by atoms with E-state index in [1.54, 1.807) is 12.3 Å². The first-order chi connectivity index (χ1) is 14.5. The monoisotopic (exact) mass is 401 g/mol. The molecule has 2 aromatic heterocycles. The lowest BCUT2D eigenvalue weighted by atomic mass is 10.1. The molecule has 1 atom stereocenters. The maximum absolute atomic E-state index is 12.7. The number of aryl methyl sites for hydroxylation is 2. The van der Waals surface area contributed by atoms with E-state index < -0.39 is 5.91 Å². The van der Waals surface area contributed by atoms with E-state index in [1.807, 2.05) is 25.1 Å². The van der Waals surface area contributed by atoms with Crippen LogP contribution in [0.25, 0.3) is 0 Å². The number of nitrogens with one attached hydrogen (secondary N) is 2. The van der Waals surface area contributed by atoms with Gasteiger partial charge in [-0.05, 0) is 49.1 Å². The largest absolute Gasteiger partial charge is 0.469 e. The number of carbonyl (C=O) groups is 2. The summed E-state index contributed by atoms with van der Waals surface area (Å²) in [6.45, 7) is 2.12. The van der Waals surface area contributed by atoms with Crippen LogP contribution in [0.2, 0.25) is 0 Å². The van der Waals surface area contributed by atoms with Crippen LogP contribution < -0.4 is 10.6 Å². The maximum atomic E-state index is 12.7. The molecule has 4 rings (SSSR count). The first kappa shape index (κ1) is 19.3. The fourth-order valence-electron chi connectivity index (χ4n) is 3.54. The van der Waals surface area contributed by atoms with Crippen LogP contribution >= 0.6 is 0 Å². The predicted molar refractivity (Wildman–Crippen MR) is 106 cm³/mol. The Morgan fingerprint density at radius 2 is 2.00 bits per heavy atom. The van der Waals surface area contributed by atoms with Gasteiger partial charge in [0.25, 0.3) is 11.8 Å². The highest BCUT2D eigenvalue weighted by Gasteiger charge is 2.25. The van der Waals surface area contributed by atoms with E-state index in [-0.39, 0.29) is 23.3 Å². The second kappa shape index (κ2) is 8.17. The van der Waals surface area contributed by atoms with E-state index in [0.29, 0.717) is 12.1 Å². The number of hydrogen-bond acceptors (Lipinski definition) is 6. The van der Waals surface area contributed by atoms with Gasteiger partial charge in [-0.3, -0.25) is 9.59 Å². The molecular weight excluding hydrogens is 382 g/mol. The van der Waals surface area contributed by atoms with Crippen molar-refractivity contribution >= 4 is 11.8 Å². The minimum Gasteiger partial charge on any atom is -0.469 e. The Morgan fingerprint density at radius 1 is 1.20 bits per heavy atom. The zero-order valence-corrected chi connectivity index (χ0v) is 16.3. The minimum atomic E-state index is -0.402. The molecule has 1 aromatic carbocycles. The molecule has 0 spiro atoms. The highest BCUT2D eigenvalue weighted by molar-refractivity contribution is 5.97. The fraction of sp³-hybridized carbons (Fsp3) is 0.227. The number of rotatable bonds is 5. The Kier molecular flexibility index (Phi) is 5.26. The van der Waals surface area contributed by atoms with Gasteiger partial charge in [0, 0.05) is 18.2 Å². The molecule has 8 heteroatoms. The second-order valence-electron chi connectivity index (χ2n) is 7.13.